The van der Waals surface area contributed by atoms with E-state index in [1.165, 1.54) is 0 Å². The van der Waals surface area contributed by atoms with Crippen LogP contribution < -0.4 is 5.56 Å². The molecule has 4 nitrogen and oxygen atoms in total. The van der Waals surface area contributed by atoms with Crippen LogP contribution in [0.3, 0.4) is 0 Å². The quantitative estimate of drug-likeness (QED) is 0.712. The van der Waals surface area contributed by atoms with Crippen molar-refractivity contribution in [2.24, 2.45) is 0 Å². The van der Waals surface area contributed by atoms with Crippen LogP contribution in [-0.4, -0.2) is 14.4 Å². The minimum atomic E-state index is -0.0289. The Kier molecular flexibility index (Phi) is 2.26. The molecule has 0 aliphatic heterocycles. The molecule has 0 aliphatic carbocycles. The molecule has 1 aromatic carbocycles. The van der Waals surface area contributed by atoms with Crippen molar-refractivity contribution in [2.45, 2.75) is 26.7 Å². The smallest absolute Gasteiger partial charge is 0.259 e. The zero-order valence-corrected chi connectivity index (χ0v) is 10.7. The van der Waals surface area contributed by atoms with E-state index in [0.717, 1.165) is 22.3 Å². The van der Waals surface area contributed by atoms with Crippen molar-refractivity contribution in [3.8, 4) is 0 Å². The van der Waals surface area contributed by atoms with Crippen LogP contribution in [0.4, 0.5) is 0 Å². The lowest BCUT2D eigenvalue weighted by molar-refractivity contribution is 0.812. The summed E-state index contributed by atoms with van der Waals surface area (Å²) in [6.07, 6.45) is 0. The normalized spacial score (nSPS) is 11.8. The lowest BCUT2D eigenvalue weighted by atomic mass is 10.1. The van der Waals surface area contributed by atoms with Gasteiger partial charge < -0.3 is 4.98 Å². The van der Waals surface area contributed by atoms with E-state index >= 15 is 0 Å². The Labute approximate surface area is 104 Å². The SMILES string of the molecule is Cc1ccc2c(c1)[nH]c1nc(C(C)C)cc(=O)n12. The standard InChI is InChI=1S/C14H15N3O/c1-8(2)10-7-13(18)17-12-5-4-9(3)6-11(12)16-14(17)15-10/h4-8H,1-3H3,(H,15,16). The summed E-state index contributed by atoms with van der Waals surface area (Å²) in [7, 11) is 0. The van der Waals surface area contributed by atoms with Gasteiger partial charge in [-0.3, -0.25) is 4.79 Å². The van der Waals surface area contributed by atoms with Crippen molar-refractivity contribution in [1.29, 1.82) is 0 Å². The van der Waals surface area contributed by atoms with E-state index in [0.29, 0.717) is 5.78 Å². The first kappa shape index (κ1) is 11.0. The molecule has 92 valence electrons. The van der Waals surface area contributed by atoms with Gasteiger partial charge in [-0.15, -0.1) is 0 Å². The van der Waals surface area contributed by atoms with Gasteiger partial charge in [-0.2, -0.15) is 0 Å². The van der Waals surface area contributed by atoms with E-state index in [4.69, 9.17) is 0 Å². The van der Waals surface area contributed by atoms with E-state index in [1.54, 1.807) is 10.5 Å². The number of fused-ring (bicyclic) bond motifs is 3. The highest BCUT2D eigenvalue weighted by Gasteiger charge is 2.10. The van der Waals surface area contributed by atoms with Crippen LogP contribution in [0.2, 0.25) is 0 Å². The van der Waals surface area contributed by atoms with Crippen molar-refractivity contribution in [1.82, 2.24) is 14.4 Å². The number of hydrogen-bond acceptors (Lipinski definition) is 2. The molecule has 1 N–H and O–H groups in total. The van der Waals surface area contributed by atoms with Crippen LogP contribution in [0.1, 0.15) is 31.0 Å². The number of aryl methyl sites for hydroxylation is 1. The van der Waals surface area contributed by atoms with E-state index in [1.807, 2.05) is 39.0 Å². The number of nitrogens with one attached hydrogen (secondary N) is 1. The molecule has 4 heteroatoms. The minimum Gasteiger partial charge on any atom is -0.323 e. The van der Waals surface area contributed by atoms with Gasteiger partial charge in [0.05, 0.1) is 16.7 Å². The number of rotatable bonds is 1. The zero-order valence-electron chi connectivity index (χ0n) is 10.7. The number of aromatic nitrogens is 3. The molecule has 3 rings (SSSR count). The molecular formula is C14H15N3O. The maximum absolute atomic E-state index is 12.2. The molecule has 18 heavy (non-hydrogen) atoms. The first-order valence-electron chi connectivity index (χ1n) is 6.08. The van der Waals surface area contributed by atoms with Crippen LogP contribution in [-0.2, 0) is 0 Å². The predicted octanol–water partition coefficient (Wildman–Crippen LogP) is 2.61. The van der Waals surface area contributed by atoms with Gasteiger partial charge in [0.1, 0.15) is 0 Å². The lowest BCUT2D eigenvalue weighted by Gasteiger charge is -2.03. The second-order valence-electron chi connectivity index (χ2n) is 4.98. The summed E-state index contributed by atoms with van der Waals surface area (Å²) in [4.78, 5) is 19.9. The summed E-state index contributed by atoms with van der Waals surface area (Å²) in [6.45, 7) is 6.09. The van der Waals surface area contributed by atoms with Crippen LogP contribution in [0, 0.1) is 6.92 Å². The van der Waals surface area contributed by atoms with E-state index in [2.05, 4.69) is 9.97 Å². The topological polar surface area (TPSA) is 50.2 Å². The van der Waals surface area contributed by atoms with Crippen LogP contribution >= 0.6 is 0 Å². The van der Waals surface area contributed by atoms with Crippen molar-refractivity contribution in [3.05, 3.63) is 45.9 Å². The number of benzene rings is 1. The van der Waals surface area contributed by atoms with Crippen molar-refractivity contribution in [2.75, 3.05) is 0 Å². The molecule has 0 saturated carbocycles. The Morgan fingerprint density at radius 1 is 1.28 bits per heavy atom. The predicted molar refractivity (Wildman–Crippen MR) is 72.1 cm³/mol. The average molecular weight is 241 g/mol. The Bertz CT molecular complexity index is 796. The number of imidazole rings is 1. The third-order valence-corrected chi connectivity index (χ3v) is 3.17. The molecule has 2 heterocycles. The molecule has 0 amide bonds. The van der Waals surface area contributed by atoms with E-state index < -0.39 is 0 Å². The number of aromatic amines is 1. The summed E-state index contributed by atoms with van der Waals surface area (Å²) >= 11 is 0. The summed E-state index contributed by atoms with van der Waals surface area (Å²) in [6, 6.07) is 7.59. The Balaban J connectivity index is 2.46. The van der Waals surface area contributed by atoms with E-state index in [-0.39, 0.29) is 11.5 Å². The molecule has 0 radical (unpaired) electrons. The monoisotopic (exact) mass is 241 g/mol. The highest BCUT2D eigenvalue weighted by atomic mass is 16.1. The Morgan fingerprint density at radius 2 is 2.06 bits per heavy atom. The summed E-state index contributed by atoms with van der Waals surface area (Å²) in [5, 5.41) is 0. The molecule has 0 saturated heterocycles. The highest BCUT2D eigenvalue weighted by molar-refractivity contribution is 5.80. The molecule has 0 unspecified atom stereocenters. The zero-order chi connectivity index (χ0) is 12.9. The first-order chi connectivity index (χ1) is 8.56. The molecule has 0 atom stereocenters. The van der Waals surface area contributed by atoms with Gasteiger partial charge in [0.15, 0.2) is 0 Å². The lowest BCUT2D eigenvalue weighted by Crippen LogP contribution is -2.14. The molecule has 0 spiro atoms. The number of H-pyrrole nitrogens is 1. The van der Waals surface area contributed by atoms with Crippen molar-refractivity contribution < 1.29 is 0 Å². The minimum absolute atomic E-state index is 0.0289. The van der Waals surface area contributed by atoms with Gasteiger partial charge in [-0.25, -0.2) is 9.38 Å². The fourth-order valence-corrected chi connectivity index (χ4v) is 2.18. The molecule has 2 aromatic heterocycles. The number of hydrogen-bond donors (Lipinski definition) is 1. The molecule has 0 aliphatic rings. The van der Waals surface area contributed by atoms with Gasteiger partial charge in [-0.05, 0) is 30.5 Å². The van der Waals surface area contributed by atoms with Crippen LogP contribution in [0.5, 0.6) is 0 Å². The molecular weight excluding hydrogens is 226 g/mol. The van der Waals surface area contributed by atoms with Crippen LogP contribution in [0.25, 0.3) is 16.8 Å². The maximum atomic E-state index is 12.2. The second-order valence-corrected chi connectivity index (χ2v) is 4.98. The van der Waals surface area contributed by atoms with Gasteiger partial charge in [-0.1, -0.05) is 19.9 Å². The van der Waals surface area contributed by atoms with Crippen LogP contribution in [0.15, 0.2) is 29.1 Å². The summed E-state index contributed by atoms with van der Waals surface area (Å²) in [5.74, 6) is 0.864. The van der Waals surface area contributed by atoms with Gasteiger partial charge in [0, 0.05) is 6.07 Å². The third-order valence-electron chi connectivity index (χ3n) is 3.17. The molecule has 0 bridgehead atoms. The average Bonchev–Trinajstić information content (AvgIpc) is 2.66. The largest absolute Gasteiger partial charge is 0.323 e. The third kappa shape index (κ3) is 1.53. The van der Waals surface area contributed by atoms with E-state index in [9.17, 15) is 4.79 Å². The van der Waals surface area contributed by atoms with Gasteiger partial charge >= 0.3 is 0 Å². The highest BCUT2D eigenvalue weighted by Crippen LogP contribution is 2.17. The second kappa shape index (κ2) is 3.70. The number of nitrogens with zero attached hydrogens (tertiary/aromatic N) is 2. The van der Waals surface area contributed by atoms with Gasteiger partial charge in [0.2, 0.25) is 5.78 Å². The molecule has 3 aromatic rings. The fraction of sp³-hybridized carbons (Fsp3) is 0.286. The molecule has 0 fully saturated rings. The van der Waals surface area contributed by atoms with Gasteiger partial charge in [0.25, 0.3) is 5.56 Å². The summed E-state index contributed by atoms with van der Waals surface area (Å²) in [5.41, 5.74) is 3.78. The first-order valence-corrected chi connectivity index (χ1v) is 6.08. The Morgan fingerprint density at radius 3 is 2.78 bits per heavy atom. The Hall–Kier alpha value is -2.10. The summed E-state index contributed by atoms with van der Waals surface area (Å²) < 4.78 is 1.63. The fourth-order valence-electron chi connectivity index (χ4n) is 2.18. The maximum Gasteiger partial charge on any atom is 0.259 e. The van der Waals surface area contributed by atoms with Crippen molar-refractivity contribution in [3.63, 3.8) is 0 Å². The van der Waals surface area contributed by atoms with Crippen molar-refractivity contribution >= 4 is 16.8 Å².